The SMILES string of the molecule is Cc1nc(-c2cccnc2)ncc1C(=O)NC1CCN(c2cnccn2)CC1. The topological polar surface area (TPSA) is 96.8 Å². The van der Waals surface area contributed by atoms with Crippen LogP contribution in [0.15, 0.2) is 49.3 Å². The van der Waals surface area contributed by atoms with Crippen molar-refractivity contribution in [2.75, 3.05) is 18.0 Å². The number of aromatic nitrogens is 5. The number of carbonyl (C=O) groups is 1. The van der Waals surface area contributed by atoms with Gasteiger partial charge in [-0.25, -0.2) is 15.0 Å². The van der Waals surface area contributed by atoms with Crippen molar-refractivity contribution in [1.29, 1.82) is 0 Å². The van der Waals surface area contributed by atoms with Gasteiger partial charge in [-0.15, -0.1) is 0 Å². The van der Waals surface area contributed by atoms with Gasteiger partial charge in [0.05, 0.1) is 17.5 Å². The summed E-state index contributed by atoms with van der Waals surface area (Å²) in [6, 6.07) is 3.85. The van der Waals surface area contributed by atoms with Crippen molar-refractivity contribution in [3.63, 3.8) is 0 Å². The number of nitrogens with one attached hydrogen (secondary N) is 1. The molecule has 0 atom stereocenters. The molecule has 142 valence electrons. The Labute approximate surface area is 163 Å². The minimum Gasteiger partial charge on any atom is -0.355 e. The first-order valence-corrected chi connectivity index (χ1v) is 9.26. The third-order valence-corrected chi connectivity index (χ3v) is 4.85. The molecule has 1 amide bonds. The number of piperidine rings is 1. The number of hydrogen-bond donors (Lipinski definition) is 1. The summed E-state index contributed by atoms with van der Waals surface area (Å²) < 4.78 is 0. The number of nitrogens with zero attached hydrogens (tertiary/aromatic N) is 6. The van der Waals surface area contributed by atoms with E-state index in [2.05, 4.69) is 35.1 Å². The van der Waals surface area contributed by atoms with Crippen molar-refractivity contribution in [3.8, 4) is 11.4 Å². The summed E-state index contributed by atoms with van der Waals surface area (Å²) in [6.07, 6.45) is 11.8. The summed E-state index contributed by atoms with van der Waals surface area (Å²) in [5.41, 5.74) is 1.99. The first-order valence-electron chi connectivity index (χ1n) is 9.26. The summed E-state index contributed by atoms with van der Waals surface area (Å²) in [5, 5.41) is 3.11. The van der Waals surface area contributed by atoms with Gasteiger partial charge in [-0.1, -0.05) is 0 Å². The number of carbonyl (C=O) groups excluding carboxylic acids is 1. The van der Waals surface area contributed by atoms with Crippen LogP contribution in [0.25, 0.3) is 11.4 Å². The Morgan fingerprint density at radius 3 is 2.57 bits per heavy atom. The zero-order chi connectivity index (χ0) is 19.3. The van der Waals surface area contributed by atoms with E-state index in [-0.39, 0.29) is 11.9 Å². The molecule has 1 saturated heterocycles. The third kappa shape index (κ3) is 3.95. The standard InChI is InChI=1S/C20H21N7O/c1-14-17(12-24-19(25-14)15-3-2-6-21-11-15)20(28)26-16-4-9-27(10-5-16)18-13-22-7-8-23-18/h2-3,6-8,11-13,16H,4-5,9-10H2,1H3,(H,26,28). The maximum Gasteiger partial charge on any atom is 0.254 e. The predicted molar refractivity (Wildman–Crippen MR) is 105 cm³/mol. The average Bonchev–Trinajstić information content (AvgIpc) is 2.75. The zero-order valence-corrected chi connectivity index (χ0v) is 15.6. The molecule has 0 spiro atoms. The van der Waals surface area contributed by atoms with Crippen molar-refractivity contribution < 1.29 is 4.79 Å². The molecule has 0 bridgehead atoms. The average molecular weight is 375 g/mol. The Morgan fingerprint density at radius 1 is 1.07 bits per heavy atom. The van der Waals surface area contributed by atoms with Gasteiger partial charge in [-0.2, -0.15) is 0 Å². The second-order valence-corrected chi connectivity index (χ2v) is 6.73. The predicted octanol–water partition coefficient (Wildman–Crippen LogP) is 2.04. The van der Waals surface area contributed by atoms with Gasteiger partial charge in [0.2, 0.25) is 0 Å². The fourth-order valence-electron chi connectivity index (χ4n) is 3.29. The second kappa shape index (κ2) is 8.08. The molecule has 0 aliphatic carbocycles. The molecule has 0 unspecified atom stereocenters. The number of aryl methyl sites for hydroxylation is 1. The molecule has 1 aliphatic rings. The summed E-state index contributed by atoms with van der Waals surface area (Å²) in [7, 11) is 0. The van der Waals surface area contributed by atoms with Gasteiger partial charge in [0.1, 0.15) is 5.82 Å². The molecule has 4 heterocycles. The molecule has 0 saturated carbocycles. The Morgan fingerprint density at radius 2 is 1.89 bits per heavy atom. The van der Waals surface area contributed by atoms with E-state index < -0.39 is 0 Å². The van der Waals surface area contributed by atoms with E-state index in [9.17, 15) is 4.79 Å². The molecule has 0 radical (unpaired) electrons. The van der Waals surface area contributed by atoms with Gasteiger partial charge < -0.3 is 10.2 Å². The Bertz CT molecular complexity index is 941. The van der Waals surface area contributed by atoms with Gasteiger partial charge in [0.25, 0.3) is 5.91 Å². The van der Waals surface area contributed by atoms with E-state index in [0.717, 1.165) is 37.3 Å². The molecule has 8 heteroatoms. The fourth-order valence-corrected chi connectivity index (χ4v) is 3.29. The number of anilines is 1. The summed E-state index contributed by atoms with van der Waals surface area (Å²) >= 11 is 0. The molecule has 3 aromatic rings. The van der Waals surface area contributed by atoms with Gasteiger partial charge >= 0.3 is 0 Å². The Hall–Kier alpha value is -3.42. The first-order chi connectivity index (χ1) is 13.7. The maximum absolute atomic E-state index is 12.7. The molecule has 1 fully saturated rings. The molecular formula is C20H21N7O. The first kappa shape index (κ1) is 18.0. The highest BCUT2D eigenvalue weighted by atomic mass is 16.1. The third-order valence-electron chi connectivity index (χ3n) is 4.85. The molecule has 0 aromatic carbocycles. The molecule has 1 aliphatic heterocycles. The summed E-state index contributed by atoms with van der Waals surface area (Å²) in [6.45, 7) is 3.49. The molecule has 4 rings (SSSR count). The van der Waals surface area contributed by atoms with Crippen LogP contribution in [0.4, 0.5) is 5.82 Å². The quantitative estimate of drug-likeness (QED) is 0.745. The van der Waals surface area contributed by atoms with Crippen LogP contribution in [0.5, 0.6) is 0 Å². The van der Waals surface area contributed by atoms with Crippen LogP contribution in [-0.4, -0.2) is 50.0 Å². The monoisotopic (exact) mass is 375 g/mol. The van der Waals surface area contributed by atoms with Crippen molar-refractivity contribution in [1.82, 2.24) is 30.2 Å². The molecular weight excluding hydrogens is 354 g/mol. The molecule has 8 nitrogen and oxygen atoms in total. The highest BCUT2D eigenvalue weighted by molar-refractivity contribution is 5.95. The van der Waals surface area contributed by atoms with Crippen molar-refractivity contribution in [2.45, 2.75) is 25.8 Å². The highest BCUT2D eigenvalue weighted by Gasteiger charge is 2.23. The smallest absolute Gasteiger partial charge is 0.254 e. The van der Waals surface area contributed by atoms with Crippen LogP contribution in [-0.2, 0) is 0 Å². The van der Waals surface area contributed by atoms with Gasteiger partial charge in [0, 0.05) is 55.7 Å². The van der Waals surface area contributed by atoms with Crippen LogP contribution >= 0.6 is 0 Å². The number of rotatable bonds is 4. The van der Waals surface area contributed by atoms with Gasteiger partial charge in [-0.05, 0) is 31.9 Å². The lowest BCUT2D eigenvalue weighted by Crippen LogP contribution is -2.45. The van der Waals surface area contributed by atoms with Crippen molar-refractivity contribution in [2.24, 2.45) is 0 Å². The van der Waals surface area contributed by atoms with Crippen LogP contribution in [0, 0.1) is 6.92 Å². The van der Waals surface area contributed by atoms with Crippen LogP contribution < -0.4 is 10.2 Å². The minimum atomic E-state index is -0.131. The van der Waals surface area contributed by atoms with Crippen LogP contribution in [0.3, 0.4) is 0 Å². The van der Waals surface area contributed by atoms with E-state index in [1.54, 1.807) is 37.2 Å². The lowest BCUT2D eigenvalue weighted by Gasteiger charge is -2.32. The number of pyridine rings is 1. The zero-order valence-electron chi connectivity index (χ0n) is 15.6. The molecule has 28 heavy (non-hydrogen) atoms. The van der Waals surface area contributed by atoms with Gasteiger partial charge in [-0.3, -0.25) is 14.8 Å². The maximum atomic E-state index is 12.7. The van der Waals surface area contributed by atoms with Crippen molar-refractivity contribution in [3.05, 3.63) is 60.6 Å². The van der Waals surface area contributed by atoms with E-state index in [4.69, 9.17) is 0 Å². The highest BCUT2D eigenvalue weighted by Crippen LogP contribution is 2.18. The van der Waals surface area contributed by atoms with Crippen molar-refractivity contribution >= 4 is 11.7 Å². The Balaban J connectivity index is 1.38. The van der Waals surface area contributed by atoms with Crippen LogP contribution in [0.2, 0.25) is 0 Å². The van der Waals surface area contributed by atoms with Crippen LogP contribution in [0.1, 0.15) is 28.9 Å². The van der Waals surface area contributed by atoms with Gasteiger partial charge in [0.15, 0.2) is 5.82 Å². The lowest BCUT2D eigenvalue weighted by molar-refractivity contribution is 0.0929. The van der Waals surface area contributed by atoms with E-state index in [1.807, 2.05) is 19.1 Å². The largest absolute Gasteiger partial charge is 0.355 e. The Kier molecular flexibility index (Phi) is 5.18. The van der Waals surface area contributed by atoms with E-state index in [0.29, 0.717) is 17.1 Å². The van der Waals surface area contributed by atoms with E-state index in [1.165, 1.54) is 0 Å². The minimum absolute atomic E-state index is 0.123. The van der Waals surface area contributed by atoms with E-state index >= 15 is 0 Å². The lowest BCUT2D eigenvalue weighted by atomic mass is 10.0. The fraction of sp³-hybridized carbons (Fsp3) is 0.300. The molecule has 3 aromatic heterocycles. The normalized spacial score (nSPS) is 14.7. The second-order valence-electron chi connectivity index (χ2n) is 6.73. The summed E-state index contributed by atoms with van der Waals surface area (Å²) in [5.74, 6) is 1.31. The number of amides is 1. The number of hydrogen-bond acceptors (Lipinski definition) is 7. The summed E-state index contributed by atoms with van der Waals surface area (Å²) in [4.78, 5) is 36.2. The molecule has 1 N–H and O–H groups in total.